The number of amides is 1. The van der Waals surface area contributed by atoms with Crippen LogP contribution in [0.3, 0.4) is 0 Å². The second-order valence-corrected chi connectivity index (χ2v) is 7.31. The Labute approximate surface area is 183 Å². The highest BCUT2D eigenvalue weighted by molar-refractivity contribution is 5.76. The molecule has 0 saturated heterocycles. The van der Waals surface area contributed by atoms with Gasteiger partial charge in [-0.25, -0.2) is 9.50 Å². The topological polar surface area (TPSA) is 81.9 Å². The summed E-state index contributed by atoms with van der Waals surface area (Å²) in [7, 11) is 4.75. The van der Waals surface area contributed by atoms with Gasteiger partial charge < -0.3 is 14.4 Å². The molecule has 2 heterocycles. The van der Waals surface area contributed by atoms with E-state index >= 15 is 0 Å². The van der Waals surface area contributed by atoms with Crippen molar-refractivity contribution in [3.8, 4) is 11.5 Å². The van der Waals surface area contributed by atoms with Crippen LogP contribution in [0.1, 0.15) is 34.8 Å². The van der Waals surface area contributed by atoms with Gasteiger partial charge in [-0.05, 0) is 31.9 Å². The molecule has 2 aromatic heterocycles. The number of carbonyl (C=O) groups excluding carboxylic acids is 1. The zero-order valence-electron chi connectivity index (χ0n) is 18.4. The van der Waals surface area contributed by atoms with Crippen molar-refractivity contribution in [2.24, 2.45) is 0 Å². The van der Waals surface area contributed by atoms with Crippen LogP contribution in [0.2, 0.25) is 0 Å². The van der Waals surface area contributed by atoms with Crippen molar-refractivity contribution in [1.82, 2.24) is 24.5 Å². The summed E-state index contributed by atoms with van der Waals surface area (Å²) in [4.78, 5) is 21.9. The first-order valence-corrected chi connectivity index (χ1v) is 9.80. The van der Waals surface area contributed by atoms with Crippen LogP contribution in [0.15, 0.2) is 18.2 Å². The van der Waals surface area contributed by atoms with Gasteiger partial charge in [0.25, 0.3) is 11.6 Å². The Morgan fingerprint density at radius 2 is 1.88 bits per heavy atom. The van der Waals surface area contributed by atoms with Crippen LogP contribution in [-0.2, 0) is 23.9 Å². The van der Waals surface area contributed by atoms with E-state index in [1.54, 1.807) is 39.0 Å². The van der Waals surface area contributed by atoms with E-state index in [9.17, 15) is 18.0 Å². The number of aromatic nitrogens is 4. The molecule has 3 aromatic rings. The van der Waals surface area contributed by atoms with Crippen LogP contribution in [0.25, 0.3) is 5.78 Å². The monoisotopic (exact) mass is 451 g/mol. The third-order valence-electron chi connectivity index (χ3n) is 5.21. The minimum atomic E-state index is -4.66. The lowest BCUT2D eigenvalue weighted by Crippen LogP contribution is -2.27. The normalized spacial score (nSPS) is 11.6. The highest BCUT2D eigenvalue weighted by atomic mass is 19.4. The average Bonchev–Trinajstić information content (AvgIpc) is 3.17. The van der Waals surface area contributed by atoms with E-state index in [0.29, 0.717) is 41.4 Å². The van der Waals surface area contributed by atoms with Gasteiger partial charge in [0.1, 0.15) is 0 Å². The largest absolute Gasteiger partial charge is 0.493 e. The summed E-state index contributed by atoms with van der Waals surface area (Å²) in [5.41, 5.74) is 2.44. The summed E-state index contributed by atoms with van der Waals surface area (Å²) >= 11 is 0. The number of hydrogen-bond donors (Lipinski definition) is 0. The van der Waals surface area contributed by atoms with Crippen LogP contribution >= 0.6 is 0 Å². The third-order valence-corrected chi connectivity index (χ3v) is 5.21. The van der Waals surface area contributed by atoms with E-state index in [1.165, 1.54) is 7.11 Å². The lowest BCUT2D eigenvalue weighted by atomic mass is 10.1. The van der Waals surface area contributed by atoms with Gasteiger partial charge in [0, 0.05) is 37.0 Å². The van der Waals surface area contributed by atoms with Crippen molar-refractivity contribution in [3.05, 3.63) is 46.5 Å². The number of rotatable bonds is 7. The molecule has 0 spiro atoms. The van der Waals surface area contributed by atoms with Crippen molar-refractivity contribution < 1.29 is 27.4 Å². The molecule has 172 valence electrons. The van der Waals surface area contributed by atoms with Gasteiger partial charge in [-0.2, -0.15) is 18.2 Å². The Morgan fingerprint density at radius 3 is 2.50 bits per heavy atom. The fourth-order valence-electron chi connectivity index (χ4n) is 3.53. The molecule has 0 unspecified atom stereocenters. The van der Waals surface area contributed by atoms with Gasteiger partial charge in [0.2, 0.25) is 5.91 Å². The van der Waals surface area contributed by atoms with Gasteiger partial charge in [0.15, 0.2) is 11.5 Å². The number of carbonyl (C=O) groups is 1. The quantitative estimate of drug-likeness (QED) is 0.548. The Bertz CT molecular complexity index is 1140. The number of hydrogen-bond acceptors (Lipinski definition) is 6. The highest BCUT2D eigenvalue weighted by Crippen LogP contribution is 2.31. The SMILES string of the molecule is COc1cccc(CN(C)C(=O)CCc2c(C)nc3nc(C(F)(F)F)nn3c2C)c1OC. The molecule has 0 N–H and O–H groups in total. The third kappa shape index (κ3) is 4.61. The Kier molecular flexibility index (Phi) is 6.56. The van der Waals surface area contributed by atoms with E-state index in [1.807, 2.05) is 12.1 Å². The summed E-state index contributed by atoms with van der Waals surface area (Å²) in [6, 6.07) is 5.43. The maximum atomic E-state index is 12.9. The first-order chi connectivity index (χ1) is 15.1. The van der Waals surface area contributed by atoms with Gasteiger partial charge in [-0.3, -0.25) is 4.79 Å². The molecule has 0 radical (unpaired) electrons. The Balaban J connectivity index is 1.76. The molecule has 8 nitrogen and oxygen atoms in total. The molecule has 11 heteroatoms. The van der Waals surface area contributed by atoms with Crippen molar-refractivity contribution in [1.29, 1.82) is 0 Å². The lowest BCUT2D eigenvalue weighted by molar-refractivity contribution is -0.144. The standard InChI is InChI=1S/C21H24F3N5O3/c1-12-15(13(2)29-20(25-12)26-19(27-29)21(22,23)24)9-10-17(30)28(3)11-14-7-6-8-16(31-4)18(14)32-5/h6-8H,9-11H2,1-5H3. The number of aryl methyl sites for hydroxylation is 2. The Morgan fingerprint density at radius 1 is 1.16 bits per heavy atom. The maximum Gasteiger partial charge on any atom is 0.453 e. The molecule has 0 saturated carbocycles. The van der Waals surface area contributed by atoms with Gasteiger partial charge in [0.05, 0.1) is 14.2 Å². The minimum Gasteiger partial charge on any atom is -0.493 e. The van der Waals surface area contributed by atoms with E-state index in [0.717, 1.165) is 10.1 Å². The molecule has 0 bridgehead atoms. The van der Waals surface area contributed by atoms with Crippen LogP contribution in [0.5, 0.6) is 11.5 Å². The minimum absolute atomic E-state index is 0.121. The molecular formula is C21H24F3N5O3. The summed E-state index contributed by atoms with van der Waals surface area (Å²) in [5.74, 6) is -0.370. The summed E-state index contributed by atoms with van der Waals surface area (Å²) in [6.07, 6.45) is -4.20. The van der Waals surface area contributed by atoms with E-state index < -0.39 is 12.0 Å². The number of methoxy groups -OCH3 is 2. The van der Waals surface area contributed by atoms with Crippen molar-refractivity contribution >= 4 is 11.7 Å². The van der Waals surface area contributed by atoms with Gasteiger partial charge >= 0.3 is 6.18 Å². The highest BCUT2D eigenvalue weighted by Gasteiger charge is 2.37. The smallest absolute Gasteiger partial charge is 0.453 e. The van der Waals surface area contributed by atoms with E-state index in [-0.39, 0.29) is 18.1 Å². The number of fused-ring (bicyclic) bond motifs is 1. The van der Waals surface area contributed by atoms with E-state index in [4.69, 9.17) is 9.47 Å². The maximum absolute atomic E-state index is 12.9. The molecule has 0 fully saturated rings. The van der Waals surface area contributed by atoms with Crippen molar-refractivity contribution in [2.45, 2.75) is 39.4 Å². The molecule has 1 amide bonds. The number of ether oxygens (including phenoxy) is 2. The first-order valence-electron chi connectivity index (χ1n) is 9.80. The van der Waals surface area contributed by atoms with E-state index in [2.05, 4.69) is 15.1 Å². The lowest BCUT2D eigenvalue weighted by Gasteiger charge is -2.20. The van der Waals surface area contributed by atoms with Crippen LogP contribution < -0.4 is 9.47 Å². The Hall–Kier alpha value is -3.37. The zero-order valence-corrected chi connectivity index (χ0v) is 18.4. The van der Waals surface area contributed by atoms with Crippen molar-refractivity contribution in [3.63, 3.8) is 0 Å². The predicted molar refractivity (Wildman–Crippen MR) is 110 cm³/mol. The number of para-hydroxylation sites is 1. The predicted octanol–water partition coefficient (Wildman–Crippen LogP) is 3.37. The van der Waals surface area contributed by atoms with Crippen LogP contribution in [-0.4, -0.2) is 51.7 Å². The summed E-state index contributed by atoms with van der Waals surface area (Å²) in [5, 5.41) is 3.54. The molecule has 1 aromatic carbocycles. The summed E-state index contributed by atoms with van der Waals surface area (Å²) < 4.78 is 50.6. The summed E-state index contributed by atoms with van der Waals surface area (Å²) in [6.45, 7) is 3.63. The molecule has 0 aliphatic heterocycles. The fourth-order valence-corrected chi connectivity index (χ4v) is 3.53. The molecular weight excluding hydrogens is 427 g/mol. The first kappa shape index (κ1) is 23.3. The van der Waals surface area contributed by atoms with Gasteiger partial charge in [-0.1, -0.05) is 12.1 Å². The van der Waals surface area contributed by atoms with Gasteiger partial charge in [-0.15, -0.1) is 5.10 Å². The second-order valence-electron chi connectivity index (χ2n) is 7.31. The second kappa shape index (κ2) is 9.01. The molecule has 32 heavy (non-hydrogen) atoms. The molecule has 0 atom stereocenters. The molecule has 3 rings (SSSR count). The average molecular weight is 451 g/mol. The number of benzene rings is 1. The fraction of sp³-hybridized carbons (Fsp3) is 0.429. The zero-order chi connectivity index (χ0) is 23.6. The number of nitrogens with zero attached hydrogens (tertiary/aromatic N) is 5. The molecule has 0 aliphatic carbocycles. The molecule has 0 aliphatic rings. The number of halogens is 3. The van der Waals surface area contributed by atoms with Crippen molar-refractivity contribution in [2.75, 3.05) is 21.3 Å². The number of alkyl halides is 3. The van der Waals surface area contributed by atoms with Crippen LogP contribution in [0.4, 0.5) is 13.2 Å². The van der Waals surface area contributed by atoms with Crippen LogP contribution in [0, 0.1) is 13.8 Å².